The van der Waals surface area contributed by atoms with Gasteiger partial charge in [0.15, 0.2) is 0 Å². The lowest BCUT2D eigenvalue weighted by molar-refractivity contribution is 0.276. The summed E-state index contributed by atoms with van der Waals surface area (Å²) in [4.78, 5) is 4.64. The third-order valence-electron chi connectivity index (χ3n) is 3.02. The molecule has 1 unspecified atom stereocenters. The normalized spacial score (nSPS) is 12.5. The topological polar surface area (TPSA) is 45.1 Å². The summed E-state index contributed by atoms with van der Waals surface area (Å²) in [5.74, 6) is 0. The van der Waals surface area contributed by atoms with Crippen molar-refractivity contribution in [3.05, 3.63) is 40.7 Å². The third kappa shape index (κ3) is 4.42. The van der Waals surface area contributed by atoms with E-state index >= 15 is 0 Å². The van der Waals surface area contributed by atoms with Gasteiger partial charge < -0.3 is 10.4 Å². The summed E-state index contributed by atoms with van der Waals surface area (Å²) < 4.78 is 0. The van der Waals surface area contributed by atoms with Crippen LogP contribution < -0.4 is 5.32 Å². The lowest BCUT2D eigenvalue weighted by Gasteiger charge is -2.11. The van der Waals surface area contributed by atoms with Crippen molar-refractivity contribution in [1.82, 2.24) is 10.3 Å². The summed E-state index contributed by atoms with van der Waals surface area (Å²) >= 11 is 1.69. The van der Waals surface area contributed by atoms with E-state index in [1.54, 1.807) is 11.3 Å². The van der Waals surface area contributed by atoms with E-state index in [1.165, 1.54) is 5.56 Å². The second-order valence-electron chi connectivity index (χ2n) is 4.64. The van der Waals surface area contributed by atoms with Crippen LogP contribution in [0.15, 0.2) is 35.7 Å². The number of thiazole rings is 1. The van der Waals surface area contributed by atoms with Crippen molar-refractivity contribution in [3.63, 3.8) is 0 Å². The van der Waals surface area contributed by atoms with Gasteiger partial charge in [-0.3, -0.25) is 0 Å². The number of nitrogens with zero attached hydrogens (tertiary/aromatic N) is 1. The zero-order valence-corrected chi connectivity index (χ0v) is 12.0. The highest BCUT2D eigenvalue weighted by Crippen LogP contribution is 2.21. The molecule has 4 heteroatoms. The van der Waals surface area contributed by atoms with E-state index in [2.05, 4.69) is 34.7 Å². The maximum Gasteiger partial charge on any atom is 0.107 e. The standard InChI is InChI=1S/C15H20N2OS/c1-12(6-5-9-18)16-10-15-17-14(11-19-15)13-7-3-2-4-8-13/h2-4,7-8,11-12,16,18H,5-6,9-10H2,1H3. The molecule has 0 fully saturated rings. The van der Waals surface area contributed by atoms with Crippen LogP contribution in [0.25, 0.3) is 11.3 Å². The molecule has 0 saturated heterocycles. The van der Waals surface area contributed by atoms with E-state index < -0.39 is 0 Å². The minimum Gasteiger partial charge on any atom is -0.396 e. The van der Waals surface area contributed by atoms with Gasteiger partial charge in [0.1, 0.15) is 5.01 Å². The molecule has 19 heavy (non-hydrogen) atoms. The Kier molecular flexibility index (Phi) is 5.51. The van der Waals surface area contributed by atoms with Crippen LogP contribution >= 0.6 is 11.3 Å². The largest absolute Gasteiger partial charge is 0.396 e. The molecule has 0 radical (unpaired) electrons. The first kappa shape index (κ1) is 14.2. The van der Waals surface area contributed by atoms with Gasteiger partial charge in [0.25, 0.3) is 0 Å². The molecule has 0 saturated carbocycles. The van der Waals surface area contributed by atoms with E-state index in [0.717, 1.165) is 30.1 Å². The first-order valence-corrected chi connectivity index (χ1v) is 7.51. The van der Waals surface area contributed by atoms with Gasteiger partial charge in [-0.25, -0.2) is 4.98 Å². The molecule has 1 aromatic heterocycles. The number of nitrogens with one attached hydrogen (secondary N) is 1. The first-order chi connectivity index (χ1) is 9.29. The highest BCUT2D eigenvalue weighted by molar-refractivity contribution is 7.09. The van der Waals surface area contributed by atoms with Crippen LogP contribution in [0, 0.1) is 0 Å². The Morgan fingerprint density at radius 2 is 2.11 bits per heavy atom. The number of aliphatic hydroxyl groups is 1. The Labute approximate surface area is 118 Å². The van der Waals surface area contributed by atoms with Crippen LogP contribution in [0.4, 0.5) is 0 Å². The van der Waals surface area contributed by atoms with Crippen molar-refractivity contribution in [2.45, 2.75) is 32.4 Å². The van der Waals surface area contributed by atoms with Crippen LogP contribution in [-0.4, -0.2) is 22.7 Å². The average molecular weight is 276 g/mol. The number of rotatable bonds is 7. The molecule has 0 aliphatic rings. The predicted molar refractivity (Wildman–Crippen MR) is 80.2 cm³/mol. The molecular formula is C15H20N2OS. The quantitative estimate of drug-likeness (QED) is 0.817. The maximum absolute atomic E-state index is 8.79. The Morgan fingerprint density at radius 1 is 1.32 bits per heavy atom. The van der Waals surface area contributed by atoms with Crippen molar-refractivity contribution in [3.8, 4) is 11.3 Å². The summed E-state index contributed by atoms with van der Waals surface area (Å²) in [6, 6.07) is 10.6. The van der Waals surface area contributed by atoms with Gasteiger partial charge in [0.05, 0.1) is 5.69 Å². The summed E-state index contributed by atoms with van der Waals surface area (Å²) in [6.45, 7) is 3.20. The Balaban J connectivity index is 1.88. The van der Waals surface area contributed by atoms with Crippen molar-refractivity contribution < 1.29 is 5.11 Å². The van der Waals surface area contributed by atoms with Crippen molar-refractivity contribution in [2.24, 2.45) is 0 Å². The molecule has 0 amide bonds. The number of hydrogen-bond donors (Lipinski definition) is 2. The van der Waals surface area contributed by atoms with Gasteiger partial charge in [0, 0.05) is 30.1 Å². The van der Waals surface area contributed by atoms with E-state index in [4.69, 9.17) is 5.11 Å². The van der Waals surface area contributed by atoms with Crippen LogP contribution in [-0.2, 0) is 6.54 Å². The summed E-state index contributed by atoms with van der Waals surface area (Å²) in [6.07, 6.45) is 1.84. The second kappa shape index (κ2) is 7.38. The van der Waals surface area contributed by atoms with Gasteiger partial charge in [-0.15, -0.1) is 11.3 Å². The summed E-state index contributed by atoms with van der Waals surface area (Å²) in [5.41, 5.74) is 2.21. The Hall–Kier alpha value is -1.23. The monoisotopic (exact) mass is 276 g/mol. The lowest BCUT2D eigenvalue weighted by Crippen LogP contribution is -2.25. The van der Waals surface area contributed by atoms with Crippen molar-refractivity contribution in [1.29, 1.82) is 0 Å². The molecule has 2 N–H and O–H groups in total. The molecule has 1 aromatic carbocycles. The Bertz CT molecular complexity index is 484. The molecule has 0 aliphatic carbocycles. The Morgan fingerprint density at radius 3 is 2.84 bits per heavy atom. The number of aliphatic hydroxyl groups excluding tert-OH is 1. The molecule has 2 rings (SSSR count). The predicted octanol–water partition coefficient (Wildman–Crippen LogP) is 3.06. The van der Waals surface area contributed by atoms with Gasteiger partial charge >= 0.3 is 0 Å². The zero-order valence-electron chi connectivity index (χ0n) is 11.2. The van der Waals surface area contributed by atoms with Gasteiger partial charge in [-0.2, -0.15) is 0 Å². The fraction of sp³-hybridized carbons (Fsp3) is 0.400. The molecule has 1 atom stereocenters. The van der Waals surface area contributed by atoms with Crippen LogP contribution in [0.2, 0.25) is 0 Å². The fourth-order valence-corrected chi connectivity index (χ4v) is 2.65. The van der Waals surface area contributed by atoms with Gasteiger partial charge in [-0.05, 0) is 19.8 Å². The molecule has 102 valence electrons. The number of hydrogen-bond acceptors (Lipinski definition) is 4. The number of aromatic nitrogens is 1. The molecule has 2 aromatic rings. The molecular weight excluding hydrogens is 256 g/mol. The highest BCUT2D eigenvalue weighted by Gasteiger charge is 2.06. The zero-order chi connectivity index (χ0) is 13.5. The van der Waals surface area contributed by atoms with E-state index in [-0.39, 0.29) is 6.61 Å². The smallest absolute Gasteiger partial charge is 0.107 e. The fourth-order valence-electron chi connectivity index (χ4n) is 1.89. The third-order valence-corrected chi connectivity index (χ3v) is 3.87. The first-order valence-electron chi connectivity index (χ1n) is 6.63. The van der Waals surface area contributed by atoms with E-state index in [9.17, 15) is 0 Å². The van der Waals surface area contributed by atoms with Gasteiger partial charge in [0.2, 0.25) is 0 Å². The van der Waals surface area contributed by atoms with E-state index in [0.29, 0.717) is 6.04 Å². The van der Waals surface area contributed by atoms with Crippen LogP contribution in [0.5, 0.6) is 0 Å². The molecule has 3 nitrogen and oxygen atoms in total. The molecule has 0 spiro atoms. The highest BCUT2D eigenvalue weighted by atomic mass is 32.1. The van der Waals surface area contributed by atoms with E-state index in [1.807, 2.05) is 18.2 Å². The number of benzene rings is 1. The molecule has 0 aliphatic heterocycles. The van der Waals surface area contributed by atoms with Crippen molar-refractivity contribution in [2.75, 3.05) is 6.61 Å². The lowest BCUT2D eigenvalue weighted by atomic mass is 10.2. The summed E-state index contributed by atoms with van der Waals surface area (Å²) in [5, 5.41) is 15.4. The SMILES string of the molecule is CC(CCCO)NCc1nc(-c2ccccc2)cs1. The molecule has 0 bridgehead atoms. The second-order valence-corrected chi connectivity index (χ2v) is 5.58. The minimum atomic E-state index is 0.265. The average Bonchev–Trinajstić information content (AvgIpc) is 2.93. The van der Waals surface area contributed by atoms with Crippen LogP contribution in [0.3, 0.4) is 0 Å². The molecule has 1 heterocycles. The van der Waals surface area contributed by atoms with Crippen molar-refractivity contribution >= 4 is 11.3 Å². The summed E-state index contributed by atoms with van der Waals surface area (Å²) in [7, 11) is 0. The minimum absolute atomic E-state index is 0.265. The van der Waals surface area contributed by atoms with Gasteiger partial charge in [-0.1, -0.05) is 30.3 Å². The maximum atomic E-state index is 8.79. The van der Waals surface area contributed by atoms with Crippen LogP contribution in [0.1, 0.15) is 24.8 Å².